The van der Waals surface area contributed by atoms with Crippen LogP contribution >= 0.6 is 0 Å². The highest BCUT2D eigenvalue weighted by atomic mass is 16.5. The Kier molecular flexibility index (Phi) is 6.61. The Bertz CT molecular complexity index is 1390. The van der Waals surface area contributed by atoms with E-state index < -0.39 is 17.7 Å². The number of nitrogens with zero attached hydrogens (tertiary/aromatic N) is 1. The molecule has 0 bridgehead atoms. The van der Waals surface area contributed by atoms with Gasteiger partial charge in [0.2, 0.25) is 0 Å². The van der Waals surface area contributed by atoms with Gasteiger partial charge in [0, 0.05) is 23.7 Å². The molecule has 3 aromatic rings. The Labute approximate surface area is 215 Å². The summed E-state index contributed by atoms with van der Waals surface area (Å²) in [6, 6.07) is 18.8. The fourth-order valence-electron chi connectivity index (χ4n) is 4.82. The summed E-state index contributed by atoms with van der Waals surface area (Å²) in [6.45, 7) is 6.76. The van der Waals surface area contributed by atoms with Crippen LogP contribution in [0.3, 0.4) is 0 Å². The quantitative estimate of drug-likeness (QED) is 0.265. The molecule has 2 aliphatic heterocycles. The third-order valence-corrected chi connectivity index (χ3v) is 6.36. The minimum Gasteiger partial charge on any atom is -0.507 e. The predicted molar refractivity (Wildman–Crippen MR) is 140 cm³/mol. The van der Waals surface area contributed by atoms with Gasteiger partial charge in [0.1, 0.15) is 23.0 Å². The summed E-state index contributed by atoms with van der Waals surface area (Å²) in [5, 5.41) is 11.5. The summed E-state index contributed by atoms with van der Waals surface area (Å²) >= 11 is 0. The third-order valence-electron chi connectivity index (χ3n) is 6.36. The molecule has 1 amide bonds. The van der Waals surface area contributed by atoms with Crippen LogP contribution in [0.5, 0.6) is 17.2 Å². The monoisotopic (exact) mass is 499 g/mol. The smallest absolute Gasteiger partial charge is 0.300 e. The molecule has 1 N–H and O–H groups in total. The van der Waals surface area contributed by atoms with Gasteiger partial charge in [-0.2, -0.15) is 0 Å². The number of carbonyl (C=O) groups is 2. The van der Waals surface area contributed by atoms with Crippen molar-refractivity contribution in [2.75, 3.05) is 18.1 Å². The number of carbonyl (C=O) groups excluding carboxylic acids is 2. The normalized spacial score (nSPS) is 18.2. The Balaban J connectivity index is 1.68. The zero-order valence-corrected chi connectivity index (χ0v) is 21.1. The summed E-state index contributed by atoms with van der Waals surface area (Å²) in [7, 11) is 0. The molecule has 0 radical (unpaired) electrons. The SMILES string of the molecule is CCOc1cccc(N2C(=O)C(=O)/C(=C(\O)c3ccc4c(c3)CCO4)C2c2cccc(OC(C)C)c2)c1. The lowest BCUT2D eigenvalue weighted by atomic mass is 9.94. The molecule has 190 valence electrons. The van der Waals surface area contributed by atoms with Gasteiger partial charge in [0.25, 0.3) is 11.7 Å². The van der Waals surface area contributed by atoms with E-state index in [0.717, 1.165) is 11.3 Å². The van der Waals surface area contributed by atoms with Crippen LogP contribution in [0.4, 0.5) is 5.69 Å². The van der Waals surface area contributed by atoms with Crippen LogP contribution in [-0.2, 0) is 16.0 Å². The average molecular weight is 500 g/mol. The first-order valence-electron chi connectivity index (χ1n) is 12.4. The van der Waals surface area contributed by atoms with E-state index >= 15 is 0 Å². The molecular weight excluding hydrogens is 470 g/mol. The zero-order chi connectivity index (χ0) is 26.1. The van der Waals surface area contributed by atoms with Crippen molar-refractivity contribution in [3.05, 3.63) is 89.0 Å². The van der Waals surface area contributed by atoms with Crippen molar-refractivity contribution in [2.45, 2.75) is 39.3 Å². The number of anilines is 1. The molecule has 1 atom stereocenters. The first kappa shape index (κ1) is 24.4. The predicted octanol–water partition coefficient (Wildman–Crippen LogP) is 5.43. The number of hydrogen-bond acceptors (Lipinski definition) is 6. The second-order valence-electron chi connectivity index (χ2n) is 9.26. The van der Waals surface area contributed by atoms with Crippen LogP contribution in [0.25, 0.3) is 5.76 Å². The van der Waals surface area contributed by atoms with E-state index in [2.05, 4.69) is 0 Å². The molecule has 0 aliphatic carbocycles. The Hall–Kier alpha value is -4.26. The lowest BCUT2D eigenvalue weighted by Crippen LogP contribution is -2.29. The van der Waals surface area contributed by atoms with Gasteiger partial charge < -0.3 is 19.3 Å². The van der Waals surface area contributed by atoms with E-state index in [1.54, 1.807) is 42.5 Å². The number of amides is 1. The minimum atomic E-state index is -0.864. The van der Waals surface area contributed by atoms with Gasteiger partial charge in [0.15, 0.2) is 0 Å². The summed E-state index contributed by atoms with van der Waals surface area (Å²) < 4.78 is 17.1. The van der Waals surface area contributed by atoms with Crippen LogP contribution in [0.1, 0.15) is 43.5 Å². The maximum absolute atomic E-state index is 13.5. The van der Waals surface area contributed by atoms with E-state index in [4.69, 9.17) is 14.2 Å². The van der Waals surface area contributed by atoms with Crippen molar-refractivity contribution in [3.63, 3.8) is 0 Å². The topological polar surface area (TPSA) is 85.3 Å². The van der Waals surface area contributed by atoms with Crippen molar-refractivity contribution >= 4 is 23.1 Å². The number of aliphatic hydroxyl groups is 1. The average Bonchev–Trinajstić information content (AvgIpc) is 3.45. The molecule has 5 rings (SSSR count). The molecule has 1 unspecified atom stereocenters. The molecule has 37 heavy (non-hydrogen) atoms. The van der Waals surface area contributed by atoms with Crippen molar-refractivity contribution < 1.29 is 28.9 Å². The summed E-state index contributed by atoms with van der Waals surface area (Å²) in [5.74, 6) is 0.250. The molecule has 0 aromatic heterocycles. The van der Waals surface area contributed by atoms with Crippen LogP contribution in [-0.4, -0.2) is 36.1 Å². The van der Waals surface area contributed by atoms with Gasteiger partial charge in [-0.15, -0.1) is 0 Å². The van der Waals surface area contributed by atoms with Gasteiger partial charge in [-0.3, -0.25) is 14.5 Å². The lowest BCUT2D eigenvalue weighted by Gasteiger charge is -2.26. The van der Waals surface area contributed by atoms with Crippen molar-refractivity contribution in [3.8, 4) is 17.2 Å². The van der Waals surface area contributed by atoms with Crippen LogP contribution in [0.2, 0.25) is 0 Å². The first-order chi connectivity index (χ1) is 17.9. The van der Waals surface area contributed by atoms with Crippen molar-refractivity contribution in [2.24, 2.45) is 0 Å². The van der Waals surface area contributed by atoms with Crippen LogP contribution in [0.15, 0.2) is 72.3 Å². The number of aliphatic hydroxyl groups excluding tert-OH is 1. The third kappa shape index (κ3) is 4.65. The number of ether oxygens (including phenoxy) is 3. The minimum absolute atomic E-state index is 0.0207. The molecule has 7 nitrogen and oxygen atoms in total. The number of ketones is 1. The van der Waals surface area contributed by atoms with Gasteiger partial charge in [-0.25, -0.2) is 0 Å². The molecule has 2 heterocycles. The Morgan fingerprint density at radius 1 is 1.05 bits per heavy atom. The number of fused-ring (bicyclic) bond motifs is 1. The first-order valence-corrected chi connectivity index (χ1v) is 12.4. The lowest BCUT2D eigenvalue weighted by molar-refractivity contribution is -0.132. The molecular formula is C30H29NO6. The Morgan fingerprint density at radius 3 is 2.62 bits per heavy atom. The number of Topliss-reactive ketones (excluding diaryl/α,β-unsaturated/α-hetero) is 1. The van der Waals surface area contributed by atoms with Gasteiger partial charge in [-0.05, 0) is 74.4 Å². The maximum atomic E-state index is 13.5. The number of benzene rings is 3. The fourth-order valence-corrected chi connectivity index (χ4v) is 4.82. The van der Waals surface area contributed by atoms with E-state index in [0.29, 0.717) is 47.9 Å². The van der Waals surface area contributed by atoms with Crippen molar-refractivity contribution in [1.29, 1.82) is 0 Å². The molecule has 1 fully saturated rings. The van der Waals surface area contributed by atoms with Crippen molar-refractivity contribution in [1.82, 2.24) is 0 Å². The molecule has 0 spiro atoms. The number of rotatable bonds is 7. The highest BCUT2D eigenvalue weighted by Crippen LogP contribution is 2.44. The molecule has 1 saturated heterocycles. The van der Waals surface area contributed by atoms with Crippen LogP contribution in [0, 0.1) is 0 Å². The van der Waals surface area contributed by atoms with Gasteiger partial charge in [0.05, 0.1) is 30.9 Å². The summed E-state index contributed by atoms with van der Waals surface area (Å²) in [6.07, 6.45) is 0.658. The zero-order valence-electron chi connectivity index (χ0n) is 21.1. The molecule has 0 saturated carbocycles. The van der Waals surface area contributed by atoms with Gasteiger partial charge >= 0.3 is 0 Å². The fraction of sp³-hybridized carbons (Fsp3) is 0.267. The molecule has 3 aromatic carbocycles. The maximum Gasteiger partial charge on any atom is 0.300 e. The van der Waals surface area contributed by atoms with Crippen LogP contribution < -0.4 is 19.1 Å². The van der Waals surface area contributed by atoms with E-state index in [-0.39, 0.29) is 17.4 Å². The van der Waals surface area contributed by atoms with E-state index in [9.17, 15) is 14.7 Å². The Morgan fingerprint density at radius 2 is 1.84 bits per heavy atom. The molecule has 7 heteroatoms. The van der Waals surface area contributed by atoms with E-state index in [1.807, 2.05) is 45.0 Å². The second-order valence-corrected chi connectivity index (χ2v) is 9.26. The largest absolute Gasteiger partial charge is 0.507 e. The van der Waals surface area contributed by atoms with E-state index in [1.165, 1.54) is 4.90 Å². The summed E-state index contributed by atoms with van der Waals surface area (Å²) in [5.41, 5.74) is 2.57. The number of hydrogen-bond donors (Lipinski definition) is 1. The standard InChI is InChI=1S/C30H29NO6/c1-4-35-23-9-6-8-22(17-23)31-27(20-7-5-10-24(16-20)37-18(2)3)26(29(33)30(31)34)28(32)21-11-12-25-19(15-21)13-14-36-25/h5-12,15-18,27,32H,4,13-14H2,1-3H3/b28-26-. The second kappa shape index (κ2) is 10.0. The highest BCUT2D eigenvalue weighted by molar-refractivity contribution is 6.51. The molecule has 2 aliphatic rings. The van der Waals surface area contributed by atoms with Gasteiger partial charge in [-0.1, -0.05) is 18.2 Å². The summed E-state index contributed by atoms with van der Waals surface area (Å²) in [4.78, 5) is 28.4. The highest BCUT2D eigenvalue weighted by Gasteiger charge is 2.47.